The molecule has 0 heterocycles. The van der Waals surface area contributed by atoms with Gasteiger partial charge in [-0.3, -0.25) is 4.79 Å². The summed E-state index contributed by atoms with van der Waals surface area (Å²) in [6.07, 6.45) is -0.176. The predicted molar refractivity (Wildman–Crippen MR) is 57.0 cm³/mol. The Bertz CT molecular complexity index is 403. The Hall–Kier alpha value is -1.88. The van der Waals surface area contributed by atoms with E-state index in [1.54, 1.807) is 24.3 Å². The molecule has 0 aliphatic heterocycles. The van der Waals surface area contributed by atoms with Crippen LogP contribution in [0.3, 0.4) is 0 Å². The van der Waals surface area contributed by atoms with Crippen LogP contribution >= 0.6 is 0 Å². The highest BCUT2D eigenvalue weighted by Crippen LogP contribution is 2.16. The Labute approximate surface area is 92.8 Å². The summed E-state index contributed by atoms with van der Waals surface area (Å²) >= 11 is 0. The smallest absolute Gasteiger partial charge is 0.337 e. The number of nitrogens with two attached hydrogens (primary N) is 1. The number of methoxy groups -OCH3 is 1. The van der Waals surface area contributed by atoms with Crippen molar-refractivity contribution in [2.45, 2.75) is 12.5 Å². The van der Waals surface area contributed by atoms with Crippen molar-refractivity contribution in [2.24, 2.45) is 5.73 Å². The van der Waals surface area contributed by atoms with Gasteiger partial charge in [-0.05, 0) is 17.7 Å². The number of hydrogen-bond acceptors (Lipinski definition) is 4. The van der Waals surface area contributed by atoms with Crippen molar-refractivity contribution in [1.82, 2.24) is 0 Å². The highest BCUT2D eigenvalue weighted by atomic mass is 16.5. The van der Waals surface area contributed by atoms with Crippen LogP contribution in [-0.2, 0) is 9.53 Å². The van der Waals surface area contributed by atoms with Crippen molar-refractivity contribution in [2.75, 3.05) is 7.11 Å². The second-order valence-electron chi connectivity index (χ2n) is 3.32. The fourth-order valence-electron chi connectivity index (χ4n) is 1.32. The van der Waals surface area contributed by atoms with Gasteiger partial charge in [0.1, 0.15) is 0 Å². The molecule has 0 bridgehead atoms. The van der Waals surface area contributed by atoms with E-state index in [-0.39, 0.29) is 6.42 Å². The fourth-order valence-corrected chi connectivity index (χ4v) is 1.32. The molecule has 3 N–H and O–H groups in total. The Morgan fingerprint density at radius 2 is 2.19 bits per heavy atom. The van der Waals surface area contributed by atoms with Gasteiger partial charge in [0.15, 0.2) is 0 Å². The van der Waals surface area contributed by atoms with Crippen molar-refractivity contribution in [1.29, 1.82) is 0 Å². The van der Waals surface area contributed by atoms with Crippen molar-refractivity contribution in [3.63, 3.8) is 0 Å². The number of hydrogen-bond donors (Lipinski definition) is 2. The Balaban J connectivity index is 2.89. The molecule has 16 heavy (non-hydrogen) atoms. The number of carbonyl (C=O) groups excluding carboxylic acids is 1. The molecule has 0 spiro atoms. The summed E-state index contributed by atoms with van der Waals surface area (Å²) in [5.74, 6) is -1.44. The van der Waals surface area contributed by atoms with Crippen LogP contribution in [0.25, 0.3) is 0 Å². The summed E-state index contributed by atoms with van der Waals surface area (Å²) in [4.78, 5) is 21.7. The van der Waals surface area contributed by atoms with Crippen LogP contribution in [0, 0.1) is 0 Å². The summed E-state index contributed by atoms with van der Waals surface area (Å²) < 4.78 is 4.56. The van der Waals surface area contributed by atoms with Crippen LogP contribution in [0.2, 0.25) is 0 Å². The molecule has 0 aliphatic rings. The molecule has 1 atom stereocenters. The van der Waals surface area contributed by atoms with Gasteiger partial charge in [0.05, 0.1) is 19.1 Å². The maximum absolute atomic E-state index is 11.2. The van der Waals surface area contributed by atoms with E-state index in [0.29, 0.717) is 11.1 Å². The van der Waals surface area contributed by atoms with Gasteiger partial charge >= 0.3 is 11.9 Å². The van der Waals surface area contributed by atoms with Crippen LogP contribution < -0.4 is 5.73 Å². The number of aliphatic carboxylic acids is 1. The average Bonchev–Trinajstić information content (AvgIpc) is 2.27. The minimum absolute atomic E-state index is 0.176. The summed E-state index contributed by atoms with van der Waals surface area (Å²) in [6, 6.07) is 5.83. The topological polar surface area (TPSA) is 89.6 Å². The molecule has 86 valence electrons. The second-order valence-corrected chi connectivity index (χ2v) is 3.32. The molecule has 0 aliphatic carbocycles. The summed E-state index contributed by atoms with van der Waals surface area (Å²) in [6.45, 7) is 0. The molecule has 0 unspecified atom stereocenters. The molecule has 1 rings (SSSR count). The maximum atomic E-state index is 11.2. The van der Waals surface area contributed by atoms with Gasteiger partial charge < -0.3 is 15.6 Å². The molecule has 1 aromatic rings. The first-order chi connectivity index (χ1) is 7.54. The third-order valence-electron chi connectivity index (χ3n) is 2.13. The Kier molecular flexibility index (Phi) is 4.02. The van der Waals surface area contributed by atoms with Gasteiger partial charge in [0.2, 0.25) is 0 Å². The highest BCUT2D eigenvalue weighted by Gasteiger charge is 2.13. The van der Waals surface area contributed by atoms with Gasteiger partial charge in [-0.1, -0.05) is 12.1 Å². The quantitative estimate of drug-likeness (QED) is 0.741. The second kappa shape index (κ2) is 5.27. The van der Waals surface area contributed by atoms with E-state index >= 15 is 0 Å². The summed E-state index contributed by atoms with van der Waals surface area (Å²) in [5.41, 5.74) is 6.64. The zero-order chi connectivity index (χ0) is 12.1. The summed E-state index contributed by atoms with van der Waals surface area (Å²) in [5, 5.41) is 8.60. The first-order valence-corrected chi connectivity index (χ1v) is 4.70. The number of esters is 1. The van der Waals surface area contributed by atoms with E-state index in [1.165, 1.54) is 7.11 Å². The SMILES string of the molecule is COC(=O)c1cccc([C@H](N)CC(=O)O)c1. The van der Waals surface area contributed by atoms with Crippen LogP contribution in [-0.4, -0.2) is 24.2 Å². The lowest BCUT2D eigenvalue weighted by Crippen LogP contribution is -2.15. The van der Waals surface area contributed by atoms with Crippen LogP contribution in [0.4, 0.5) is 0 Å². The molecular formula is C11H13NO4. The third kappa shape index (κ3) is 3.06. The highest BCUT2D eigenvalue weighted by molar-refractivity contribution is 5.89. The van der Waals surface area contributed by atoms with Crippen molar-refractivity contribution >= 4 is 11.9 Å². The van der Waals surface area contributed by atoms with Crippen molar-refractivity contribution in [3.8, 4) is 0 Å². The molecule has 0 aromatic heterocycles. The Morgan fingerprint density at radius 1 is 1.50 bits per heavy atom. The molecule has 5 heteroatoms. The van der Waals surface area contributed by atoms with Crippen LogP contribution in [0.1, 0.15) is 28.4 Å². The monoisotopic (exact) mass is 223 g/mol. The lowest BCUT2D eigenvalue weighted by atomic mass is 10.0. The predicted octanol–water partition coefficient (Wildman–Crippen LogP) is 0.948. The molecule has 0 radical (unpaired) electrons. The molecule has 1 aromatic carbocycles. The molecule has 0 amide bonds. The average molecular weight is 223 g/mol. The van der Waals surface area contributed by atoms with E-state index in [4.69, 9.17) is 10.8 Å². The third-order valence-corrected chi connectivity index (χ3v) is 2.13. The van der Waals surface area contributed by atoms with Crippen molar-refractivity contribution < 1.29 is 19.4 Å². The van der Waals surface area contributed by atoms with Gasteiger partial charge in [0, 0.05) is 6.04 Å². The zero-order valence-electron chi connectivity index (χ0n) is 8.84. The molecule has 0 saturated heterocycles. The number of ether oxygens (including phenoxy) is 1. The van der Waals surface area contributed by atoms with Gasteiger partial charge in [0.25, 0.3) is 0 Å². The summed E-state index contributed by atoms with van der Waals surface area (Å²) in [7, 11) is 1.28. The van der Waals surface area contributed by atoms with E-state index in [2.05, 4.69) is 4.74 Å². The standard InChI is InChI=1S/C11H13NO4/c1-16-11(15)8-4-2-3-7(5-8)9(12)6-10(13)14/h2-5,9H,6,12H2,1H3,(H,13,14)/t9-/m1/s1. The van der Waals surface area contributed by atoms with Crippen LogP contribution in [0.5, 0.6) is 0 Å². The number of carbonyl (C=O) groups is 2. The lowest BCUT2D eigenvalue weighted by Gasteiger charge is -2.10. The number of carboxylic acid groups (broad SMARTS) is 1. The van der Waals surface area contributed by atoms with E-state index in [0.717, 1.165) is 0 Å². The van der Waals surface area contributed by atoms with Gasteiger partial charge in [-0.15, -0.1) is 0 Å². The largest absolute Gasteiger partial charge is 0.481 e. The minimum atomic E-state index is -0.976. The number of benzene rings is 1. The van der Waals surface area contributed by atoms with Crippen molar-refractivity contribution in [3.05, 3.63) is 35.4 Å². The minimum Gasteiger partial charge on any atom is -0.481 e. The first-order valence-electron chi connectivity index (χ1n) is 4.70. The van der Waals surface area contributed by atoms with E-state index in [9.17, 15) is 9.59 Å². The lowest BCUT2D eigenvalue weighted by molar-refractivity contribution is -0.137. The molecule has 0 saturated carbocycles. The normalized spacial score (nSPS) is 11.9. The number of rotatable bonds is 4. The fraction of sp³-hybridized carbons (Fsp3) is 0.273. The number of carboxylic acids is 1. The molecule has 5 nitrogen and oxygen atoms in total. The van der Waals surface area contributed by atoms with E-state index in [1.807, 2.05) is 0 Å². The van der Waals surface area contributed by atoms with Gasteiger partial charge in [-0.2, -0.15) is 0 Å². The molecule has 0 fully saturated rings. The first kappa shape index (κ1) is 12.2. The zero-order valence-corrected chi connectivity index (χ0v) is 8.84. The van der Waals surface area contributed by atoms with Gasteiger partial charge in [-0.25, -0.2) is 4.79 Å². The van der Waals surface area contributed by atoms with E-state index < -0.39 is 18.0 Å². The molecular weight excluding hydrogens is 210 g/mol. The Morgan fingerprint density at radius 3 is 2.75 bits per heavy atom. The van der Waals surface area contributed by atoms with Crippen LogP contribution in [0.15, 0.2) is 24.3 Å². The maximum Gasteiger partial charge on any atom is 0.337 e.